The van der Waals surface area contributed by atoms with Crippen LogP contribution in [0.5, 0.6) is 0 Å². The molecule has 2 aliphatic heterocycles. The molecular weight excluding hydrogens is 400 g/mol. The van der Waals surface area contributed by atoms with Crippen LogP contribution in [0.2, 0.25) is 0 Å². The number of fused-ring (bicyclic) bond motifs is 1. The lowest BCUT2D eigenvalue weighted by atomic mass is 9.58. The van der Waals surface area contributed by atoms with Crippen molar-refractivity contribution in [1.29, 1.82) is 0 Å². The highest BCUT2D eigenvalue weighted by Crippen LogP contribution is 2.63. The standard InChI is InChI=1S/C20H27N2O2.ClHO4/c1-6-23-20(24-7-2)16-14-10-8-9-11-15(14)17(19(20,3)4)22-13-12-21(5)18(16)22;2-1(3,4)5/h8-13,16-17H,6-7H2,1-5H3;(H,2,3,4,5)/q+1;/p-1. The van der Waals surface area contributed by atoms with Gasteiger partial charge in [-0.25, -0.2) is 27.8 Å². The van der Waals surface area contributed by atoms with Gasteiger partial charge in [0.25, 0.3) is 5.82 Å². The van der Waals surface area contributed by atoms with E-state index in [1.54, 1.807) is 0 Å². The molecule has 0 radical (unpaired) electrons. The number of imidazole rings is 1. The van der Waals surface area contributed by atoms with E-state index in [1.165, 1.54) is 17.0 Å². The highest BCUT2D eigenvalue weighted by atomic mass is 35.7. The first-order valence-electron chi connectivity index (χ1n) is 9.54. The Hall–Kier alpha value is -1.52. The Bertz CT molecular complexity index is 864. The number of aryl methyl sites for hydroxylation is 1. The van der Waals surface area contributed by atoms with Gasteiger partial charge < -0.3 is 9.47 Å². The molecule has 2 bridgehead atoms. The SMILES string of the molecule is CCOC1(OCC)C2c3ccccc3C(n3cc[n+](C)c32)C1(C)C.[O-][Cl+3]([O-])([O-])[O-]. The van der Waals surface area contributed by atoms with Crippen molar-refractivity contribution in [1.82, 2.24) is 4.57 Å². The van der Waals surface area contributed by atoms with Gasteiger partial charge in [-0.2, -0.15) is 0 Å². The molecular formula is C20H27ClN2O6. The average molecular weight is 427 g/mol. The van der Waals surface area contributed by atoms with Crippen LogP contribution in [0.4, 0.5) is 0 Å². The summed E-state index contributed by atoms with van der Waals surface area (Å²) in [5, 5.41) is 0. The molecule has 1 aromatic heterocycles. The predicted octanol–water partition coefficient (Wildman–Crippen LogP) is -1.60. The molecule has 0 N–H and O–H groups in total. The lowest BCUT2D eigenvalue weighted by molar-refractivity contribution is -2.00. The fourth-order valence-electron chi connectivity index (χ4n) is 5.07. The van der Waals surface area contributed by atoms with Crippen LogP contribution in [0.15, 0.2) is 36.7 Å². The van der Waals surface area contributed by atoms with Crippen molar-refractivity contribution in [2.24, 2.45) is 12.5 Å². The van der Waals surface area contributed by atoms with Gasteiger partial charge in [0.1, 0.15) is 24.4 Å². The van der Waals surface area contributed by atoms with Gasteiger partial charge in [-0.1, -0.05) is 38.1 Å². The molecule has 160 valence electrons. The third-order valence-corrected chi connectivity index (χ3v) is 5.89. The van der Waals surface area contributed by atoms with Gasteiger partial charge in [0.05, 0.1) is 12.5 Å². The largest absolute Gasteiger partial charge is 0.348 e. The van der Waals surface area contributed by atoms with Crippen LogP contribution in [0, 0.1) is 15.7 Å². The highest BCUT2D eigenvalue weighted by molar-refractivity contribution is 5.47. The van der Waals surface area contributed by atoms with Crippen LogP contribution in [0.1, 0.15) is 56.6 Å². The fraction of sp³-hybridized carbons (Fsp3) is 0.550. The summed E-state index contributed by atoms with van der Waals surface area (Å²) in [6, 6.07) is 8.97. The molecule has 8 nitrogen and oxygen atoms in total. The van der Waals surface area contributed by atoms with Crippen molar-refractivity contribution in [2.75, 3.05) is 13.2 Å². The van der Waals surface area contributed by atoms with Gasteiger partial charge in [-0.3, -0.25) is 0 Å². The van der Waals surface area contributed by atoms with E-state index in [-0.39, 0.29) is 17.4 Å². The molecule has 2 unspecified atom stereocenters. The van der Waals surface area contributed by atoms with Crippen LogP contribution < -0.4 is 23.2 Å². The fourth-order valence-corrected chi connectivity index (χ4v) is 5.07. The van der Waals surface area contributed by atoms with E-state index in [2.05, 4.69) is 80.5 Å². The number of hydrogen-bond acceptors (Lipinski definition) is 6. The lowest BCUT2D eigenvalue weighted by Crippen LogP contribution is -2.68. The molecule has 29 heavy (non-hydrogen) atoms. The van der Waals surface area contributed by atoms with E-state index in [0.717, 1.165) is 0 Å². The predicted molar refractivity (Wildman–Crippen MR) is 91.8 cm³/mol. The van der Waals surface area contributed by atoms with Gasteiger partial charge in [0, 0.05) is 18.8 Å². The number of benzene rings is 1. The van der Waals surface area contributed by atoms with Gasteiger partial charge in [-0.15, -0.1) is 10.2 Å². The number of nitrogens with zero attached hydrogens (tertiary/aromatic N) is 2. The van der Waals surface area contributed by atoms with Gasteiger partial charge >= 0.3 is 0 Å². The zero-order chi connectivity index (χ0) is 21.6. The monoisotopic (exact) mass is 426 g/mol. The van der Waals surface area contributed by atoms with E-state index in [9.17, 15) is 0 Å². The minimum absolute atomic E-state index is 0.0635. The molecule has 5 rings (SSSR count). The first kappa shape index (κ1) is 22.2. The molecule has 0 saturated carbocycles. The number of rotatable bonds is 4. The van der Waals surface area contributed by atoms with Crippen LogP contribution in [-0.4, -0.2) is 23.6 Å². The molecule has 0 amide bonds. The Labute approximate surface area is 172 Å². The minimum atomic E-state index is -4.94. The van der Waals surface area contributed by atoms with Crippen molar-refractivity contribution >= 4 is 0 Å². The maximum absolute atomic E-state index is 8.49. The summed E-state index contributed by atoms with van der Waals surface area (Å²) in [5.41, 5.74) is 2.55. The summed E-state index contributed by atoms with van der Waals surface area (Å²) in [6.45, 7) is 9.97. The Balaban J connectivity index is 0.000000431. The smallest absolute Gasteiger partial charge is 0.270 e. The van der Waals surface area contributed by atoms with Crippen LogP contribution >= 0.6 is 0 Å². The normalized spacial score (nSPS) is 23.1. The first-order valence-corrected chi connectivity index (χ1v) is 10.8. The second-order valence-electron chi connectivity index (χ2n) is 7.77. The molecule has 9 heteroatoms. The molecule has 3 aliphatic rings. The Kier molecular flexibility index (Phi) is 5.83. The quantitative estimate of drug-likeness (QED) is 0.429. The summed E-state index contributed by atoms with van der Waals surface area (Å²) in [6.07, 6.45) is 4.35. The van der Waals surface area contributed by atoms with Crippen LogP contribution in [0.3, 0.4) is 0 Å². The number of halogens is 1. The maximum atomic E-state index is 8.49. The maximum Gasteiger partial charge on any atom is 0.270 e. The van der Waals surface area contributed by atoms with Gasteiger partial charge in [-0.05, 0) is 19.4 Å². The Morgan fingerprint density at radius 2 is 1.55 bits per heavy atom. The molecule has 3 heterocycles. The number of aromatic nitrogens is 2. The number of ether oxygens (including phenoxy) is 2. The zero-order valence-corrected chi connectivity index (χ0v) is 18.0. The highest BCUT2D eigenvalue weighted by Gasteiger charge is 2.70. The molecule has 0 saturated heterocycles. The number of hydrogen-bond donors (Lipinski definition) is 0. The molecule has 0 spiro atoms. The van der Waals surface area contributed by atoms with E-state index in [4.69, 9.17) is 28.1 Å². The van der Waals surface area contributed by atoms with Crippen molar-refractivity contribution in [3.63, 3.8) is 0 Å². The topological polar surface area (TPSA) is 120 Å². The second kappa shape index (κ2) is 7.63. The molecule has 2 aromatic rings. The first-order chi connectivity index (χ1) is 13.5. The molecule has 1 aliphatic carbocycles. The lowest BCUT2D eigenvalue weighted by Gasteiger charge is -2.57. The van der Waals surface area contributed by atoms with Crippen molar-refractivity contribution < 1.29 is 42.9 Å². The Morgan fingerprint density at radius 3 is 2.07 bits per heavy atom. The second-order valence-corrected chi connectivity index (χ2v) is 8.53. The molecule has 1 aromatic carbocycles. The Morgan fingerprint density at radius 1 is 1.03 bits per heavy atom. The summed E-state index contributed by atoms with van der Waals surface area (Å²) in [7, 11) is -2.83. The summed E-state index contributed by atoms with van der Waals surface area (Å²) >= 11 is 0. The van der Waals surface area contributed by atoms with Crippen molar-refractivity contribution in [3.8, 4) is 0 Å². The van der Waals surface area contributed by atoms with E-state index < -0.39 is 16.0 Å². The molecule has 2 atom stereocenters. The van der Waals surface area contributed by atoms with E-state index >= 15 is 0 Å². The zero-order valence-electron chi connectivity index (χ0n) is 17.3. The third-order valence-electron chi connectivity index (χ3n) is 5.89. The minimum Gasteiger partial charge on any atom is -0.348 e. The third kappa shape index (κ3) is 3.48. The summed E-state index contributed by atoms with van der Waals surface area (Å²) < 4.78 is 51.5. The van der Waals surface area contributed by atoms with Crippen molar-refractivity contribution in [3.05, 3.63) is 53.6 Å². The van der Waals surface area contributed by atoms with Gasteiger partial charge in [0.15, 0.2) is 5.79 Å². The summed E-state index contributed by atoms with van der Waals surface area (Å²) in [5.74, 6) is 0.676. The van der Waals surface area contributed by atoms with E-state index in [1.807, 2.05) is 0 Å². The average Bonchev–Trinajstić information content (AvgIpc) is 2.98. The van der Waals surface area contributed by atoms with Crippen LogP contribution in [-0.2, 0) is 16.5 Å². The van der Waals surface area contributed by atoms with Gasteiger partial charge in [0.2, 0.25) is 0 Å². The van der Waals surface area contributed by atoms with Crippen LogP contribution in [0.25, 0.3) is 0 Å². The van der Waals surface area contributed by atoms with Crippen molar-refractivity contribution in [2.45, 2.75) is 45.4 Å². The van der Waals surface area contributed by atoms with E-state index in [0.29, 0.717) is 13.2 Å². The summed E-state index contributed by atoms with van der Waals surface area (Å²) in [4.78, 5) is 0. The molecule has 0 fully saturated rings.